The van der Waals surface area contributed by atoms with Crippen molar-refractivity contribution >= 4 is 5.97 Å². The third-order valence-electron chi connectivity index (χ3n) is 3.32. The zero-order chi connectivity index (χ0) is 14.8. The molecule has 2 aromatic carbocycles. The number of carboxylic acid groups (broad SMARTS) is 1. The third-order valence-corrected chi connectivity index (χ3v) is 3.32. The highest BCUT2D eigenvalue weighted by atomic mass is 16.4. The minimum Gasteiger partial charge on any atom is -0.476 e. The van der Waals surface area contributed by atoms with Gasteiger partial charge in [-0.05, 0) is 30.2 Å². The highest BCUT2D eigenvalue weighted by Crippen LogP contribution is 2.21. The Bertz CT molecular complexity index is 777. The molecule has 5 heteroatoms. The van der Waals surface area contributed by atoms with E-state index in [1.165, 1.54) is 4.68 Å². The average Bonchev–Trinajstić information content (AvgIpc) is 2.90. The monoisotopic (exact) mass is 279 g/mol. The molecule has 3 rings (SSSR count). The van der Waals surface area contributed by atoms with Crippen LogP contribution in [0.4, 0.5) is 0 Å². The Kier molecular flexibility index (Phi) is 3.23. The van der Waals surface area contributed by atoms with E-state index in [4.69, 9.17) is 5.11 Å². The first-order valence-electron chi connectivity index (χ1n) is 6.48. The Hall–Kier alpha value is -2.95. The van der Waals surface area contributed by atoms with Gasteiger partial charge in [0, 0.05) is 0 Å². The minimum absolute atomic E-state index is 0.0258. The lowest BCUT2D eigenvalue weighted by Gasteiger charge is -2.05. The average molecular weight is 279 g/mol. The summed E-state index contributed by atoms with van der Waals surface area (Å²) in [5.41, 5.74) is 3.49. The van der Waals surface area contributed by atoms with Gasteiger partial charge in [0.15, 0.2) is 5.69 Å². The zero-order valence-corrected chi connectivity index (χ0v) is 11.4. The molecule has 0 unspecified atom stereocenters. The van der Waals surface area contributed by atoms with Gasteiger partial charge in [0.25, 0.3) is 0 Å². The zero-order valence-electron chi connectivity index (χ0n) is 11.4. The molecule has 0 aliphatic rings. The van der Waals surface area contributed by atoms with Crippen LogP contribution >= 0.6 is 0 Å². The Morgan fingerprint density at radius 3 is 2.19 bits per heavy atom. The van der Waals surface area contributed by atoms with Crippen LogP contribution < -0.4 is 0 Å². The van der Waals surface area contributed by atoms with Crippen LogP contribution in [0.1, 0.15) is 16.2 Å². The van der Waals surface area contributed by atoms with Gasteiger partial charge in [0.2, 0.25) is 0 Å². The first kappa shape index (κ1) is 13.1. The lowest BCUT2D eigenvalue weighted by atomic mass is 10.1. The second-order valence-corrected chi connectivity index (χ2v) is 4.65. The summed E-state index contributed by atoms with van der Waals surface area (Å²) in [5.74, 6) is -1.07. The summed E-state index contributed by atoms with van der Waals surface area (Å²) in [4.78, 5) is 11.0. The Morgan fingerprint density at radius 2 is 1.62 bits per heavy atom. The molecule has 0 atom stereocenters. The highest BCUT2D eigenvalue weighted by molar-refractivity contribution is 5.86. The Labute approximate surface area is 121 Å². The van der Waals surface area contributed by atoms with Crippen molar-refractivity contribution in [1.82, 2.24) is 15.0 Å². The molecule has 0 amide bonds. The van der Waals surface area contributed by atoms with E-state index >= 15 is 0 Å². The Morgan fingerprint density at radius 1 is 1.00 bits per heavy atom. The van der Waals surface area contributed by atoms with Gasteiger partial charge in [-0.15, -0.1) is 5.10 Å². The van der Waals surface area contributed by atoms with Crippen molar-refractivity contribution in [3.63, 3.8) is 0 Å². The maximum Gasteiger partial charge on any atom is 0.358 e. The van der Waals surface area contributed by atoms with Gasteiger partial charge in [-0.3, -0.25) is 0 Å². The maximum absolute atomic E-state index is 11.0. The fourth-order valence-corrected chi connectivity index (χ4v) is 2.20. The summed E-state index contributed by atoms with van der Waals surface area (Å²) < 4.78 is 1.53. The van der Waals surface area contributed by atoms with E-state index in [9.17, 15) is 4.79 Å². The summed E-state index contributed by atoms with van der Waals surface area (Å²) in [5, 5.41) is 16.6. The van der Waals surface area contributed by atoms with Crippen LogP contribution in [0.15, 0.2) is 54.6 Å². The van der Waals surface area contributed by atoms with E-state index in [1.54, 1.807) is 6.92 Å². The van der Waals surface area contributed by atoms with Crippen molar-refractivity contribution in [2.45, 2.75) is 6.92 Å². The predicted octanol–water partition coefficient (Wildman–Crippen LogP) is 2.94. The first-order valence-corrected chi connectivity index (χ1v) is 6.48. The molecule has 0 radical (unpaired) electrons. The SMILES string of the molecule is Cc1c(C(=O)O)nnn1-c1ccc(-c2ccccc2)cc1. The molecule has 104 valence electrons. The smallest absolute Gasteiger partial charge is 0.358 e. The van der Waals surface area contributed by atoms with Crippen molar-refractivity contribution in [3.05, 3.63) is 66.0 Å². The molecule has 3 aromatic rings. The molecule has 0 spiro atoms. The van der Waals surface area contributed by atoms with E-state index in [0.717, 1.165) is 16.8 Å². The van der Waals surface area contributed by atoms with E-state index in [1.807, 2.05) is 54.6 Å². The largest absolute Gasteiger partial charge is 0.476 e. The predicted molar refractivity (Wildman–Crippen MR) is 78.5 cm³/mol. The van der Waals surface area contributed by atoms with Gasteiger partial charge < -0.3 is 5.11 Å². The van der Waals surface area contributed by atoms with Crippen molar-refractivity contribution in [3.8, 4) is 16.8 Å². The number of nitrogens with zero attached hydrogens (tertiary/aromatic N) is 3. The van der Waals surface area contributed by atoms with Gasteiger partial charge in [-0.25, -0.2) is 9.48 Å². The normalized spacial score (nSPS) is 10.5. The summed E-state index contributed by atoms with van der Waals surface area (Å²) in [6.07, 6.45) is 0. The van der Waals surface area contributed by atoms with Crippen molar-refractivity contribution in [1.29, 1.82) is 0 Å². The molecular weight excluding hydrogens is 266 g/mol. The molecule has 0 aliphatic carbocycles. The van der Waals surface area contributed by atoms with Crippen LogP contribution in [0, 0.1) is 6.92 Å². The summed E-state index contributed by atoms with van der Waals surface area (Å²) in [6, 6.07) is 17.8. The number of hydrogen-bond acceptors (Lipinski definition) is 3. The second-order valence-electron chi connectivity index (χ2n) is 4.65. The molecule has 0 fully saturated rings. The fourth-order valence-electron chi connectivity index (χ4n) is 2.20. The number of aromatic carboxylic acids is 1. The van der Waals surface area contributed by atoms with Crippen LogP contribution in [0.2, 0.25) is 0 Å². The number of aromatic nitrogens is 3. The van der Waals surface area contributed by atoms with Crippen molar-refractivity contribution < 1.29 is 9.90 Å². The van der Waals surface area contributed by atoms with E-state index < -0.39 is 5.97 Å². The number of hydrogen-bond donors (Lipinski definition) is 1. The van der Waals surface area contributed by atoms with Crippen LogP contribution in [-0.4, -0.2) is 26.1 Å². The number of carbonyl (C=O) groups is 1. The number of carboxylic acids is 1. The molecule has 0 saturated carbocycles. The lowest BCUT2D eigenvalue weighted by Crippen LogP contribution is -2.02. The van der Waals surface area contributed by atoms with Crippen LogP contribution in [0.5, 0.6) is 0 Å². The van der Waals surface area contributed by atoms with Crippen LogP contribution in [-0.2, 0) is 0 Å². The van der Waals surface area contributed by atoms with Crippen LogP contribution in [0.3, 0.4) is 0 Å². The topological polar surface area (TPSA) is 68.0 Å². The van der Waals surface area contributed by atoms with Gasteiger partial charge in [0.05, 0.1) is 11.4 Å². The van der Waals surface area contributed by atoms with E-state index in [0.29, 0.717) is 5.69 Å². The van der Waals surface area contributed by atoms with Crippen molar-refractivity contribution in [2.24, 2.45) is 0 Å². The molecule has 0 aliphatic heterocycles. The highest BCUT2D eigenvalue weighted by Gasteiger charge is 2.15. The van der Waals surface area contributed by atoms with Gasteiger partial charge in [0.1, 0.15) is 0 Å². The van der Waals surface area contributed by atoms with Gasteiger partial charge in [-0.2, -0.15) is 0 Å². The second kappa shape index (κ2) is 5.20. The van der Waals surface area contributed by atoms with Crippen molar-refractivity contribution in [2.75, 3.05) is 0 Å². The number of benzene rings is 2. The molecule has 1 N–H and O–H groups in total. The minimum atomic E-state index is -1.07. The molecule has 1 aromatic heterocycles. The summed E-state index contributed by atoms with van der Waals surface area (Å²) >= 11 is 0. The van der Waals surface area contributed by atoms with E-state index in [-0.39, 0.29) is 5.69 Å². The Balaban J connectivity index is 1.97. The molecule has 0 bridgehead atoms. The lowest BCUT2D eigenvalue weighted by molar-refractivity contribution is 0.0689. The molecular formula is C16H13N3O2. The summed E-state index contributed by atoms with van der Waals surface area (Å²) in [7, 11) is 0. The summed E-state index contributed by atoms with van der Waals surface area (Å²) in [6.45, 7) is 1.69. The van der Waals surface area contributed by atoms with Gasteiger partial charge >= 0.3 is 5.97 Å². The van der Waals surface area contributed by atoms with Crippen LogP contribution in [0.25, 0.3) is 16.8 Å². The maximum atomic E-state index is 11.0. The molecule has 1 heterocycles. The van der Waals surface area contributed by atoms with Gasteiger partial charge in [-0.1, -0.05) is 47.7 Å². The molecule has 0 saturated heterocycles. The van der Waals surface area contributed by atoms with E-state index in [2.05, 4.69) is 10.3 Å². The quantitative estimate of drug-likeness (QED) is 0.800. The number of rotatable bonds is 3. The standard InChI is InChI=1S/C16H13N3O2/c1-11-15(16(20)21)17-18-19(11)14-9-7-13(8-10-14)12-5-3-2-4-6-12/h2-10H,1H3,(H,20,21). The molecule has 5 nitrogen and oxygen atoms in total. The molecule has 21 heavy (non-hydrogen) atoms. The third kappa shape index (κ3) is 2.41. The fraction of sp³-hybridized carbons (Fsp3) is 0.0625. The first-order chi connectivity index (χ1) is 10.2.